The highest BCUT2D eigenvalue weighted by Gasteiger charge is 2.32. The van der Waals surface area contributed by atoms with E-state index in [1.807, 2.05) is 6.92 Å². The van der Waals surface area contributed by atoms with Gasteiger partial charge in [0, 0.05) is 10.2 Å². The molecule has 0 aliphatic carbocycles. The van der Waals surface area contributed by atoms with Crippen LogP contribution in [0.3, 0.4) is 0 Å². The monoisotopic (exact) mass is 362 g/mol. The van der Waals surface area contributed by atoms with Crippen molar-refractivity contribution in [2.75, 3.05) is 6.61 Å². The van der Waals surface area contributed by atoms with Gasteiger partial charge in [0.15, 0.2) is 0 Å². The summed E-state index contributed by atoms with van der Waals surface area (Å²) in [7, 11) is 0. The van der Waals surface area contributed by atoms with E-state index >= 15 is 0 Å². The maximum absolute atomic E-state index is 5.88. The zero-order valence-electron chi connectivity index (χ0n) is 11.4. The molecule has 2 atom stereocenters. The smallest absolute Gasteiger partial charge is 0.0820 e. The zero-order valence-corrected chi connectivity index (χ0v) is 13.5. The summed E-state index contributed by atoms with van der Waals surface area (Å²) < 4.78 is 7.13. The van der Waals surface area contributed by atoms with Crippen LogP contribution in [0.4, 0.5) is 0 Å². The summed E-state index contributed by atoms with van der Waals surface area (Å²) >= 11 is 2.31. The first-order valence-corrected chi connectivity index (χ1v) is 7.48. The van der Waals surface area contributed by atoms with Gasteiger partial charge in [-0.15, -0.1) is 0 Å². The first kappa shape index (κ1) is 15.9. The first-order valence-electron chi connectivity index (χ1n) is 6.40. The van der Waals surface area contributed by atoms with Crippen LogP contribution in [-0.2, 0) is 11.2 Å². The summed E-state index contributed by atoms with van der Waals surface area (Å²) in [5, 5.41) is 0. The fourth-order valence-electron chi connectivity index (χ4n) is 2.09. The molecule has 0 saturated heterocycles. The van der Waals surface area contributed by atoms with Gasteiger partial charge in [-0.25, -0.2) is 0 Å². The summed E-state index contributed by atoms with van der Waals surface area (Å²) in [6.45, 7) is 6.98. The van der Waals surface area contributed by atoms with Crippen molar-refractivity contribution < 1.29 is 4.74 Å². The Kier molecular flexibility index (Phi) is 6.55. The lowest BCUT2D eigenvalue weighted by molar-refractivity contribution is -0.0550. The van der Waals surface area contributed by atoms with Gasteiger partial charge in [-0.05, 0) is 67.0 Å². The maximum Gasteiger partial charge on any atom is 0.0820 e. The third-order valence-corrected chi connectivity index (χ3v) is 4.19. The molecule has 3 N–H and O–H groups in total. The molecule has 0 radical (unpaired) electrons. The molecule has 1 rings (SSSR count). The Morgan fingerprint density at radius 1 is 1.33 bits per heavy atom. The average molecular weight is 362 g/mol. The van der Waals surface area contributed by atoms with E-state index in [4.69, 9.17) is 10.6 Å². The standard InChI is InChI=1S/C14H23IN2O/c1-4-14(3,18-5-2)13(17-16)10-11-6-8-12(15)9-7-11/h6-9,13,17H,4-5,10,16H2,1-3H3. The van der Waals surface area contributed by atoms with E-state index in [1.165, 1.54) is 9.13 Å². The predicted octanol–water partition coefficient (Wildman–Crippen LogP) is 2.87. The van der Waals surface area contributed by atoms with Crippen molar-refractivity contribution in [2.45, 2.75) is 45.3 Å². The van der Waals surface area contributed by atoms with Gasteiger partial charge in [-0.1, -0.05) is 19.1 Å². The van der Waals surface area contributed by atoms with E-state index in [9.17, 15) is 0 Å². The quantitative estimate of drug-likeness (QED) is 0.446. The largest absolute Gasteiger partial charge is 0.374 e. The number of hydrazine groups is 1. The van der Waals surface area contributed by atoms with E-state index in [1.54, 1.807) is 0 Å². The van der Waals surface area contributed by atoms with Crippen LogP contribution < -0.4 is 11.3 Å². The van der Waals surface area contributed by atoms with E-state index in [0.29, 0.717) is 6.61 Å². The molecular weight excluding hydrogens is 339 g/mol. The van der Waals surface area contributed by atoms with Gasteiger partial charge in [-0.2, -0.15) is 0 Å². The normalized spacial score (nSPS) is 16.3. The van der Waals surface area contributed by atoms with Crippen molar-refractivity contribution in [1.82, 2.24) is 5.43 Å². The maximum atomic E-state index is 5.88. The summed E-state index contributed by atoms with van der Waals surface area (Å²) in [5.74, 6) is 5.71. The third-order valence-electron chi connectivity index (χ3n) is 3.47. The van der Waals surface area contributed by atoms with Crippen molar-refractivity contribution in [3.63, 3.8) is 0 Å². The molecule has 0 aliphatic heterocycles. The van der Waals surface area contributed by atoms with E-state index in [2.05, 4.69) is 66.1 Å². The van der Waals surface area contributed by atoms with Crippen molar-refractivity contribution in [3.05, 3.63) is 33.4 Å². The molecule has 0 spiro atoms. The number of benzene rings is 1. The van der Waals surface area contributed by atoms with Crippen molar-refractivity contribution in [1.29, 1.82) is 0 Å². The molecule has 0 saturated carbocycles. The van der Waals surface area contributed by atoms with Crippen molar-refractivity contribution in [2.24, 2.45) is 5.84 Å². The topological polar surface area (TPSA) is 47.3 Å². The SMILES string of the molecule is CCOC(C)(CC)C(Cc1ccc(I)cc1)NN. The molecule has 1 aromatic carbocycles. The molecule has 0 heterocycles. The molecule has 2 unspecified atom stereocenters. The summed E-state index contributed by atoms with van der Waals surface area (Å²) in [4.78, 5) is 0. The van der Waals surface area contributed by atoms with Gasteiger partial charge in [-0.3, -0.25) is 11.3 Å². The Morgan fingerprint density at radius 2 is 1.94 bits per heavy atom. The molecule has 0 fully saturated rings. The molecule has 0 amide bonds. The minimum Gasteiger partial charge on any atom is -0.374 e. The van der Waals surface area contributed by atoms with Crippen LogP contribution in [0.2, 0.25) is 0 Å². The Bertz CT molecular complexity index is 355. The summed E-state index contributed by atoms with van der Waals surface area (Å²) in [6, 6.07) is 8.64. The number of rotatable bonds is 7. The highest BCUT2D eigenvalue weighted by Crippen LogP contribution is 2.23. The number of hydrogen-bond donors (Lipinski definition) is 2. The lowest BCUT2D eigenvalue weighted by Crippen LogP contribution is -2.54. The second-order valence-electron chi connectivity index (χ2n) is 4.65. The minimum absolute atomic E-state index is 0.113. The molecule has 18 heavy (non-hydrogen) atoms. The predicted molar refractivity (Wildman–Crippen MR) is 84.3 cm³/mol. The highest BCUT2D eigenvalue weighted by atomic mass is 127. The Balaban J connectivity index is 2.79. The molecule has 102 valence electrons. The van der Waals surface area contributed by atoms with Crippen LogP contribution in [0, 0.1) is 3.57 Å². The average Bonchev–Trinajstić information content (AvgIpc) is 2.38. The van der Waals surface area contributed by atoms with Crippen LogP contribution in [-0.4, -0.2) is 18.2 Å². The molecule has 4 heteroatoms. The first-order chi connectivity index (χ1) is 8.55. The Hall–Kier alpha value is -0.170. The van der Waals surface area contributed by atoms with Crippen LogP contribution >= 0.6 is 22.6 Å². The number of nitrogens with one attached hydrogen (secondary N) is 1. The van der Waals surface area contributed by atoms with Crippen molar-refractivity contribution in [3.8, 4) is 0 Å². The lowest BCUT2D eigenvalue weighted by Gasteiger charge is -2.36. The molecule has 3 nitrogen and oxygen atoms in total. The summed E-state index contributed by atoms with van der Waals surface area (Å²) in [6.07, 6.45) is 1.80. The number of hydrogen-bond acceptors (Lipinski definition) is 3. The fourth-order valence-corrected chi connectivity index (χ4v) is 2.45. The van der Waals surface area contributed by atoms with Gasteiger partial charge in [0.25, 0.3) is 0 Å². The van der Waals surface area contributed by atoms with Gasteiger partial charge in [0.1, 0.15) is 0 Å². The van der Waals surface area contributed by atoms with Gasteiger partial charge in [0.05, 0.1) is 11.6 Å². The summed E-state index contributed by atoms with van der Waals surface area (Å²) in [5.41, 5.74) is 3.96. The highest BCUT2D eigenvalue weighted by molar-refractivity contribution is 14.1. The third kappa shape index (κ3) is 4.19. The van der Waals surface area contributed by atoms with Gasteiger partial charge < -0.3 is 4.74 Å². The molecular formula is C14H23IN2O. The van der Waals surface area contributed by atoms with E-state index in [0.717, 1.165) is 12.8 Å². The van der Waals surface area contributed by atoms with Crippen LogP contribution in [0.1, 0.15) is 32.8 Å². The lowest BCUT2D eigenvalue weighted by atomic mass is 9.88. The van der Waals surface area contributed by atoms with Crippen molar-refractivity contribution >= 4 is 22.6 Å². The van der Waals surface area contributed by atoms with Crippen LogP contribution in [0.5, 0.6) is 0 Å². The van der Waals surface area contributed by atoms with Gasteiger partial charge >= 0.3 is 0 Å². The molecule has 0 bridgehead atoms. The number of halogens is 1. The van der Waals surface area contributed by atoms with Crippen LogP contribution in [0.15, 0.2) is 24.3 Å². The zero-order chi connectivity index (χ0) is 13.6. The Morgan fingerprint density at radius 3 is 2.39 bits per heavy atom. The number of nitrogens with two attached hydrogens (primary N) is 1. The van der Waals surface area contributed by atoms with Gasteiger partial charge in [0.2, 0.25) is 0 Å². The molecule has 0 aliphatic rings. The Labute approximate surface area is 124 Å². The fraction of sp³-hybridized carbons (Fsp3) is 0.571. The second kappa shape index (κ2) is 7.43. The van der Waals surface area contributed by atoms with Crippen LogP contribution in [0.25, 0.3) is 0 Å². The molecule has 1 aromatic rings. The second-order valence-corrected chi connectivity index (χ2v) is 5.89. The molecule has 0 aromatic heterocycles. The van der Waals surface area contributed by atoms with E-state index in [-0.39, 0.29) is 11.6 Å². The minimum atomic E-state index is -0.230. The number of ether oxygens (including phenoxy) is 1. The van der Waals surface area contributed by atoms with E-state index < -0.39 is 0 Å².